The van der Waals surface area contributed by atoms with Crippen LogP contribution in [-0.4, -0.2) is 18.7 Å². The molecule has 0 heterocycles. The average molecular weight is 350 g/mol. The molecule has 1 amide bonds. The van der Waals surface area contributed by atoms with Crippen LogP contribution in [0.15, 0.2) is 70.9 Å². The van der Waals surface area contributed by atoms with Crippen LogP contribution in [0.5, 0.6) is 5.75 Å². The molecule has 0 bridgehead atoms. The molecule has 0 saturated carbocycles. The second kappa shape index (κ2) is 10.2. The predicted octanol–water partition coefficient (Wildman–Crippen LogP) is 5.01. The molecule has 0 aliphatic carbocycles. The third kappa shape index (κ3) is 6.55. The minimum atomic E-state index is -0.287. The van der Waals surface area contributed by atoms with Crippen molar-refractivity contribution < 1.29 is 9.53 Å². The van der Waals surface area contributed by atoms with Gasteiger partial charge in [0.15, 0.2) is 6.61 Å². The molecule has 0 aromatic heterocycles. The summed E-state index contributed by atoms with van der Waals surface area (Å²) in [6.07, 6.45) is 7.72. The average Bonchev–Trinajstić information content (AvgIpc) is 2.63. The van der Waals surface area contributed by atoms with Crippen LogP contribution in [0.4, 0.5) is 0 Å². The number of fused-ring (bicyclic) bond motifs is 1. The summed E-state index contributed by atoms with van der Waals surface area (Å²) in [5.74, 6) is 0.405. The summed E-state index contributed by atoms with van der Waals surface area (Å²) < 4.78 is 5.63. The quantitative estimate of drug-likeness (QED) is 0.413. The number of allylic oxidation sites excluding steroid dienone is 4. The van der Waals surface area contributed by atoms with Gasteiger partial charge < -0.3 is 4.74 Å². The molecule has 0 aliphatic heterocycles. The van der Waals surface area contributed by atoms with E-state index in [4.69, 9.17) is 4.74 Å². The van der Waals surface area contributed by atoms with Crippen LogP contribution in [0.2, 0.25) is 0 Å². The Kier molecular flexibility index (Phi) is 7.62. The summed E-state index contributed by atoms with van der Waals surface area (Å²) in [5, 5.41) is 6.00. The number of amides is 1. The fourth-order valence-electron chi connectivity index (χ4n) is 2.44. The van der Waals surface area contributed by atoms with Crippen molar-refractivity contribution in [3.63, 3.8) is 0 Å². The molecule has 0 aliphatic rings. The predicted molar refractivity (Wildman–Crippen MR) is 108 cm³/mol. The Morgan fingerprint density at radius 2 is 1.88 bits per heavy atom. The van der Waals surface area contributed by atoms with Gasteiger partial charge >= 0.3 is 0 Å². The van der Waals surface area contributed by atoms with Crippen molar-refractivity contribution in [1.29, 1.82) is 0 Å². The molecule has 26 heavy (non-hydrogen) atoms. The molecule has 4 nitrogen and oxygen atoms in total. The zero-order valence-electron chi connectivity index (χ0n) is 15.7. The minimum absolute atomic E-state index is 0.0748. The van der Waals surface area contributed by atoms with Gasteiger partial charge in [-0.15, -0.1) is 0 Å². The highest BCUT2D eigenvalue weighted by Crippen LogP contribution is 2.24. The van der Waals surface area contributed by atoms with Gasteiger partial charge in [-0.25, -0.2) is 5.43 Å². The van der Waals surface area contributed by atoms with Gasteiger partial charge in [0.05, 0.1) is 0 Å². The fraction of sp³-hybridized carbons (Fsp3) is 0.273. The Hall–Kier alpha value is -2.88. The number of hydrogen-bond acceptors (Lipinski definition) is 3. The molecule has 0 unspecified atom stereocenters. The highest BCUT2D eigenvalue weighted by Gasteiger charge is 2.04. The number of benzene rings is 2. The molecule has 2 aromatic rings. The summed E-state index contributed by atoms with van der Waals surface area (Å²) in [7, 11) is 0. The Morgan fingerprint density at radius 3 is 2.69 bits per heavy atom. The topological polar surface area (TPSA) is 50.7 Å². The van der Waals surface area contributed by atoms with Crippen LogP contribution in [-0.2, 0) is 4.79 Å². The fourth-order valence-corrected chi connectivity index (χ4v) is 2.44. The van der Waals surface area contributed by atoms with Crippen LogP contribution in [0, 0.1) is 0 Å². The van der Waals surface area contributed by atoms with Gasteiger partial charge in [0.2, 0.25) is 0 Å². The van der Waals surface area contributed by atoms with Gasteiger partial charge in [-0.05, 0) is 51.1 Å². The Morgan fingerprint density at radius 1 is 1.12 bits per heavy atom. The van der Waals surface area contributed by atoms with E-state index in [1.165, 1.54) is 11.1 Å². The lowest BCUT2D eigenvalue weighted by Gasteiger charge is -2.08. The third-order valence-electron chi connectivity index (χ3n) is 3.82. The third-order valence-corrected chi connectivity index (χ3v) is 3.82. The van der Waals surface area contributed by atoms with Crippen LogP contribution in [0.1, 0.15) is 33.6 Å². The van der Waals surface area contributed by atoms with Crippen molar-refractivity contribution in [2.45, 2.75) is 33.6 Å². The van der Waals surface area contributed by atoms with E-state index >= 15 is 0 Å². The lowest BCUT2D eigenvalue weighted by atomic mass is 10.1. The monoisotopic (exact) mass is 350 g/mol. The van der Waals surface area contributed by atoms with Crippen molar-refractivity contribution in [3.05, 3.63) is 65.8 Å². The number of rotatable bonds is 8. The standard InChI is InChI=1S/C22H26N2O2/c1-17(2)8-6-9-18(3)14-15-23-24-22(25)16-26-21-13-7-11-19-10-4-5-12-20(19)21/h4-5,7-8,10-15H,6,9,16H2,1-3H3,(H,24,25). The first-order chi connectivity index (χ1) is 12.6. The molecule has 2 rings (SSSR count). The molecule has 0 atom stereocenters. The number of hydrogen-bond donors (Lipinski definition) is 1. The zero-order chi connectivity index (χ0) is 18.8. The summed E-state index contributed by atoms with van der Waals surface area (Å²) >= 11 is 0. The van der Waals surface area contributed by atoms with E-state index in [2.05, 4.69) is 37.4 Å². The largest absolute Gasteiger partial charge is 0.483 e. The van der Waals surface area contributed by atoms with Gasteiger partial charge in [0.25, 0.3) is 5.91 Å². The van der Waals surface area contributed by atoms with Crippen molar-refractivity contribution in [1.82, 2.24) is 5.43 Å². The van der Waals surface area contributed by atoms with Crippen molar-refractivity contribution in [3.8, 4) is 5.75 Å². The van der Waals surface area contributed by atoms with Gasteiger partial charge in [0.1, 0.15) is 5.75 Å². The van der Waals surface area contributed by atoms with Crippen LogP contribution < -0.4 is 10.2 Å². The second-order valence-corrected chi connectivity index (χ2v) is 6.41. The number of hydrazone groups is 1. The molecular formula is C22H26N2O2. The molecule has 136 valence electrons. The lowest BCUT2D eigenvalue weighted by molar-refractivity contribution is -0.123. The summed E-state index contributed by atoms with van der Waals surface area (Å²) in [6, 6.07) is 13.7. The van der Waals surface area contributed by atoms with Crippen molar-refractivity contribution in [2.24, 2.45) is 5.10 Å². The van der Waals surface area contributed by atoms with E-state index in [9.17, 15) is 4.79 Å². The summed E-state index contributed by atoms with van der Waals surface area (Å²) in [5.41, 5.74) is 5.02. The van der Waals surface area contributed by atoms with E-state index in [0.717, 1.165) is 23.6 Å². The maximum absolute atomic E-state index is 11.9. The molecule has 0 saturated heterocycles. The van der Waals surface area contributed by atoms with Gasteiger partial charge in [-0.2, -0.15) is 5.10 Å². The maximum atomic E-state index is 11.9. The molecule has 1 N–H and O–H groups in total. The van der Waals surface area contributed by atoms with Crippen molar-refractivity contribution >= 4 is 22.9 Å². The zero-order valence-corrected chi connectivity index (χ0v) is 15.7. The number of ether oxygens (including phenoxy) is 1. The molecule has 0 spiro atoms. The van der Waals surface area contributed by atoms with E-state index < -0.39 is 0 Å². The molecule has 4 heteroatoms. The van der Waals surface area contributed by atoms with Crippen LogP contribution in [0.25, 0.3) is 10.8 Å². The minimum Gasteiger partial charge on any atom is -0.483 e. The smallest absolute Gasteiger partial charge is 0.277 e. The summed E-state index contributed by atoms with van der Waals surface area (Å²) in [6.45, 7) is 6.16. The van der Waals surface area contributed by atoms with Gasteiger partial charge in [-0.3, -0.25) is 4.79 Å². The van der Waals surface area contributed by atoms with Crippen LogP contribution >= 0.6 is 0 Å². The van der Waals surface area contributed by atoms with Crippen molar-refractivity contribution in [2.75, 3.05) is 6.61 Å². The highest BCUT2D eigenvalue weighted by atomic mass is 16.5. The van der Waals surface area contributed by atoms with Gasteiger partial charge in [-0.1, -0.05) is 53.6 Å². The first-order valence-corrected chi connectivity index (χ1v) is 8.78. The SMILES string of the molecule is CC(C)=CCCC(C)=CC=NNC(=O)COc1cccc2ccccc12. The Bertz CT molecular complexity index is 826. The lowest BCUT2D eigenvalue weighted by Crippen LogP contribution is -2.24. The van der Waals surface area contributed by atoms with Gasteiger partial charge in [0, 0.05) is 11.6 Å². The molecule has 0 radical (unpaired) electrons. The highest BCUT2D eigenvalue weighted by molar-refractivity contribution is 5.88. The first kappa shape index (κ1) is 19.4. The van der Waals surface area contributed by atoms with E-state index in [1.54, 1.807) is 6.21 Å². The van der Waals surface area contributed by atoms with E-state index in [-0.39, 0.29) is 12.5 Å². The maximum Gasteiger partial charge on any atom is 0.277 e. The number of carbonyl (C=O) groups excluding carboxylic acids is 1. The Balaban J connectivity index is 1.79. The number of nitrogens with zero attached hydrogens (tertiary/aromatic N) is 1. The van der Waals surface area contributed by atoms with E-state index in [0.29, 0.717) is 5.75 Å². The Labute approximate surface area is 155 Å². The first-order valence-electron chi connectivity index (χ1n) is 8.78. The molecule has 0 fully saturated rings. The summed E-state index contributed by atoms with van der Waals surface area (Å²) in [4.78, 5) is 11.9. The normalized spacial score (nSPS) is 11.6. The molecular weight excluding hydrogens is 324 g/mol. The second-order valence-electron chi connectivity index (χ2n) is 6.41. The van der Waals surface area contributed by atoms with E-state index in [1.807, 2.05) is 48.5 Å². The molecule has 2 aromatic carbocycles. The number of nitrogens with one attached hydrogen (secondary N) is 1. The van der Waals surface area contributed by atoms with Crippen LogP contribution in [0.3, 0.4) is 0 Å². The number of carbonyl (C=O) groups is 1.